The van der Waals surface area contributed by atoms with Crippen LogP contribution >= 0.6 is 0 Å². The van der Waals surface area contributed by atoms with Crippen molar-refractivity contribution in [1.82, 2.24) is 5.32 Å². The summed E-state index contributed by atoms with van der Waals surface area (Å²) in [6.45, 7) is 1.77. The molecule has 2 rings (SSSR count). The molecule has 1 aromatic carbocycles. The first kappa shape index (κ1) is 13.4. The summed E-state index contributed by atoms with van der Waals surface area (Å²) in [5.41, 5.74) is 0.750. The van der Waals surface area contributed by atoms with Gasteiger partial charge in [-0.15, -0.1) is 0 Å². The Morgan fingerprint density at radius 2 is 2.26 bits per heavy atom. The molecule has 0 bridgehead atoms. The van der Waals surface area contributed by atoms with Crippen LogP contribution in [0.4, 0.5) is 5.69 Å². The van der Waals surface area contributed by atoms with Crippen LogP contribution in [0.3, 0.4) is 0 Å². The lowest BCUT2D eigenvalue weighted by Gasteiger charge is -2.21. The zero-order valence-electron chi connectivity index (χ0n) is 10.7. The molecule has 0 spiro atoms. The number of rotatable bonds is 4. The van der Waals surface area contributed by atoms with Crippen LogP contribution in [0.15, 0.2) is 24.3 Å². The minimum absolute atomic E-state index is 0.0272. The van der Waals surface area contributed by atoms with Crippen LogP contribution in [0, 0.1) is 17.2 Å². The fraction of sp³-hybridized carbons (Fsp3) is 0.429. The molecular weight excluding hydrogens is 242 g/mol. The zero-order chi connectivity index (χ0) is 13.5. The van der Waals surface area contributed by atoms with Gasteiger partial charge in [0.1, 0.15) is 11.8 Å². The van der Waals surface area contributed by atoms with Crippen molar-refractivity contribution in [2.75, 3.05) is 25.0 Å². The number of ether oxygens (including phenoxy) is 1. The molecule has 1 aromatic rings. The summed E-state index contributed by atoms with van der Waals surface area (Å²) >= 11 is 0. The third kappa shape index (κ3) is 3.97. The summed E-state index contributed by atoms with van der Waals surface area (Å²) in [6.07, 6.45) is 1.97. The van der Waals surface area contributed by atoms with Gasteiger partial charge in [0.15, 0.2) is 6.61 Å². The Morgan fingerprint density at radius 1 is 1.47 bits per heavy atom. The Hall–Kier alpha value is -2.06. The molecule has 1 unspecified atom stereocenters. The molecule has 1 heterocycles. The van der Waals surface area contributed by atoms with E-state index in [1.54, 1.807) is 24.3 Å². The van der Waals surface area contributed by atoms with Crippen molar-refractivity contribution in [2.24, 2.45) is 5.92 Å². The molecule has 0 radical (unpaired) electrons. The summed E-state index contributed by atoms with van der Waals surface area (Å²) in [5.74, 6) is 0.722. The number of carbonyl (C=O) groups is 1. The number of nitrogens with zero attached hydrogens (tertiary/aromatic N) is 1. The highest BCUT2D eigenvalue weighted by Gasteiger charge is 2.20. The number of anilines is 1. The van der Waals surface area contributed by atoms with Crippen molar-refractivity contribution in [3.8, 4) is 11.8 Å². The molecule has 5 heteroatoms. The summed E-state index contributed by atoms with van der Waals surface area (Å²) in [7, 11) is 0. The van der Waals surface area contributed by atoms with Gasteiger partial charge in [-0.25, -0.2) is 0 Å². The van der Waals surface area contributed by atoms with Gasteiger partial charge >= 0.3 is 0 Å². The van der Waals surface area contributed by atoms with Crippen molar-refractivity contribution < 1.29 is 9.53 Å². The van der Waals surface area contributed by atoms with E-state index in [0.29, 0.717) is 5.75 Å². The lowest BCUT2D eigenvalue weighted by molar-refractivity contribution is -0.120. The molecule has 100 valence electrons. The van der Waals surface area contributed by atoms with Crippen LogP contribution in [-0.2, 0) is 4.79 Å². The first-order valence-electron chi connectivity index (χ1n) is 6.41. The zero-order valence-corrected chi connectivity index (χ0v) is 10.7. The van der Waals surface area contributed by atoms with E-state index in [9.17, 15) is 4.79 Å². The van der Waals surface area contributed by atoms with E-state index >= 15 is 0 Å². The summed E-state index contributed by atoms with van der Waals surface area (Å²) in [4.78, 5) is 12.0. The van der Waals surface area contributed by atoms with Crippen molar-refractivity contribution in [3.63, 3.8) is 0 Å². The van der Waals surface area contributed by atoms with Crippen molar-refractivity contribution in [1.29, 1.82) is 5.26 Å². The molecule has 0 aliphatic carbocycles. The Balaban J connectivity index is 1.88. The quantitative estimate of drug-likeness (QED) is 0.860. The van der Waals surface area contributed by atoms with Crippen LogP contribution in [0.5, 0.6) is 5.75 Å². The van der Waals surface area contributed by atoms with Gasteiger partial charge in [0.2, 0.25) is 5.91 Å². The Labute approximate surface area is 112 Å². The number of hydrogen-bond acceptors (Lipinski definition) is 4. The molecule has 1 amide bonds. The molecule has 1 aliphatic rings. The first-order valence-corrected chi connectivity index (χ1v) is 6.41. The number of carbonyl (C=O) groups excluding carboxylic acids is 1. The Kier molecular flexibility index (Phi) is 4.76. The van der Waals surface area contributed by atoms with Crippen LogP contribution in [-0.4, -0.2) is 25.6 Å². The lowest BCUT2D eigenvalue weighted by Crippen LogP contribution is -2.37. The predicted molar refractivity (Wildman–Crippen MR) is 71.8 cm³/mol. The highest BCUT2D eigenvalue weighted by molar-refractivity contribution is 5.92. The van der Waals surface area contributed by atoms with Crippen LogP contribution in [0.1, 0.15) is 12.8 Å². The highest BCUT2D eigenvalue weighted by Crippen LogP contribution is 2.18. The summed E-state index contributed by atoms with van der Waals surface area (Å²) in [5, 5.41) is 14.5. The van der Waals surface area contributed by atoms with E-state index in [0.717, 1.165) is 31.6 Å². The maximum atomic E-state index is 12.0. The SMILES string of the molecule is N#CCOc1ccc(NC(=O)C2CCCNC2)cc1. The third-order valence-electron chi connectivity index (χ3n) is 3.09. The highest BCUT2D eigenvalue weighted by atomic mass is 16.5. The molecule has 1 aliphatic heterocycles. The van der Waals surface area contributed by atoms with Gasteiger partial charge in [-0.1, -0.05) is 0 Å². The van der Waals surface area contributed by atoms with E-state index in [1.807, 2.05) is 6.07 Å². The second-order valence-electron chi connectivity index (χ2n) is 4.50. The second kappa shape index (κ2) is 6.76. The topological polar surface area (TPSA) is 74.1 Å². The summed E-state index contributed by atoms with van der Waals surface area (Å²) < 4.78 is 5.15. The Bertz CT molecular complexity index is 459. The minimum atomic E-state index is 0.0272. The van der Waals surface area contributed by atoms with E-state index in [1.165, 1.54) is 0 Å². The van der Waals surface area contributed by atoms with Gasteiger partial charge in [-0.05, 0) is 43.7 Å². The largest absolute Gasteiger partial charge is 0.479 e. The van der Waals surface area contributed by atoms with Crippen LogP contribution in [0.25, 0.3) is 0 Å². The molecule has 5 nitrogen and oxygen atoms in total. The number of nitriles is 1. The third-order valence-corrected chi connectivity index (χ3v) is 3.09. The normalized spacial score (nSPS) is 18.4. The van der Waals surface area contributed by atoms with Crippen molar-refractivity contribution >= 4 is 11.6 Å². The first-order chi connectivity index (χ1) is 9.29. The van der Waals surface area contributed by atoms with Gasteiger partial charge in [0.05, 0.1) is 5.92 Å². The van der Waals surface area contributed by atoms with Gasteiger partial charge in [-0.3, -0.25) is 4.79 Å². The van der Waals surface area contributed by atoms with Crippen molar-refractivity contribution in [3.05, 3.63) is 24.3 Å². The van der Waals surface area contributed by atoms with E-state index in [-0.39, 0.29) is 18.4 Å². The average molecular weight is 259 g/mol. The molecule has 19 heavy (non-hydrogen) atoms. The number of benzene rings is 1. The number of nitrogens with one attached hydrogen (secondary N) is 2. The van der Waals surface area contributed by atoms with Gasteiger partial charge < -0.3 is 15.4 Å². The molecular formula is C14H17N3O2. The second-order valence-corrected chi connectivity index (χ2v) is 4.50. The molecule has 1 atom stereocenters. The van der Waals surface area contributed by atoms with E-state index < -0.39 is 0 Å². The number of hydrogen-bond donors (Lipinski definition) is 2. The molecule has 0 saturated carbocycles. The van der Waals surface area contributed by atoms with Gasteiger partial charge in [0.25, 0.3) is 0 Å². The lowest BCUT2D eigenvalue weighted by atomic mass is 9.99. The maximum Gasteiger partial charge on any atom is 0.228 e. The van der Waals surface area contributed by atoms with Crippen LogP contribution in [0.2, 0.25) is 0 Å². The molecule has 0 aromatic heterocycles. The minimum Gasteiger partial charge on any atom is -0.479 e. The van der Waals surface area contributed by atoms with Crippen molar-refractivity contribution in [2.45, 2.75) is 12.8 Å². The van der Waals surface area contributed by atoms with E-state index in [2.05, 4.69) is 10.6 Å². The number of piperidine rings is 1. The van der Waals surface area contributed by atoms with Gasteiger partial charge in [0, 0.05) is 12.2 Å². The molecule has 1 saturated heterocycles. The summed E-state index contributed by atoms with van der Waals surface area (Å²) in [6, 6.07) is 8.95. The molecule has 1 fully saturated rings. The predicted octanol–water partition coefficient (Wildman–Crippen LogP) is 1.53. The fourth-order valence-electron chi connectivity index (χ4n) is 2.07. The monoisotopic (exact) mass is 259 g/mol. The standard InChI is InChI=1S/C14H17N3O2/c15-7-9-19-13-5-3-12(4-6-13)17-14(18)11-2-1-8-16-10-11/h3-6,11,16H,1-2,8-10H2,(H,17,18). The number of amides is 1. The van der Waals surface area contributed by atoms with E-state index in [4.69, 9.17) is 10.00 Å². The molecule has 2 N–H and O–H groups in total. The average Bonchev–Trinajstić information content (AvgIpc) is 2.47. The smallest absolute Gasteiger partial charge is 0.228 e. The van der Waals surface area contributed by atoms with Gasteiger partial charge in [-0.2, -0.15) is 5.26 Å². The Morgan fingerprint density at radius 3 is 2.89 bits per heavy atom. The maximum absolute atomic E-state index is 12.0. The fourth-order valence-corrected chi connectivity index (χ4v) is 2.07. The van der Waals surface area contributed by atoms with Crippen LogP contribution < -0.4 is 15.4 Å².